The zero-order valence-electron chi connectivity index (χ0n) is 13.4. The second-order valence-corrected chi connectivity index (χ2v) is 5.77. The van der Waals surface area contributed by atoms with E-state index in [4.69, 9.17) is 10.6 Å². The lowest BCUT2D eigenvalue weighted by Gasteiger charge is -2.31. The highest BCUT2D eigenvalue weighted by atomic mass is 16.6. The molecule has 1 aromatic rings. The minimum absolute atomic E-state index is 0.100. The number of morpholine rings is 1. The Balaban J connectivity index is 1.91. The van der Waals surface area contributed by atoms with Crippen molar-refractivity contribution >= 4 is 18.0 Å². The summed E-state index contributed by atoms with van der Waals surface area (Å²) in [5, 5.41) is 14.5. The van der Waals surface area contributed by atoms with Gasteiger partial charge in [0.1, 0.15) is 0 Å². The molecule has 0 bridgehead atoms. The van der Waals surface area contributed by atoms with Gasteiger partial charge in [0.2, 0.25) is 0 Å². The number of hydrogen-bond acceptors (Lipinski definition) is 6. The van der Waals surface area contributed by atoms with E-state index in [1.54, 1.807) is 18.3 Å². The highest BCUT2D eigenvalue weighted by Gasteiger charge is 2.25. The average Bonchev–Trinajstić information content (AvgIpc) is 2.99. The summed E-state index contributed by atoms with van der Waals surface area (Å²) in [5.41, 5.74) is 4.56. The Morgan fingerprint density at radius 2 is 1.92 bits per heavy atom. The molecule has 24 heavy (non-hydrogen) atoms. The van der Waals surface area contributed by atoms with Crippen LogP contribution in [0.5, 0.6) is 0 Å². The summed E-state index contributed by atoms with van der Waals surface area (Å²) in [7, 11) is 0. The van der Waals surface area contributed by atoms with Gasteiger partial charge in [0.15, 0.2) is 0 Å². The highest BCUT2D eigenvalue weighted by Crippen LogP contribution is 2.35. The second kappa shape index (κ2) is 7.27. The molecule has 0 saturated carbocycles. The van der Waals surface area contributed by atoms with Crippen LogP contribution in [0.2, 0.25) is 0 Å². The number of hydrazone groups is 1. The molecule has 0 unspecified atom stereocenters. The Labute approximate surface area is 140 Å². The van der Waals surface area contributed by atoms with E-state index in [0.717, 1.165) is 37.1 Å². The van der Waals surface area contributed by atoms with Gasteiger partial charge in [0.05, 0.1) is 24.4 Å². The van der Waals surface area contributed by atoms with Crippen molar-refractivity contribution in [3.8, 4) is 0 Å². The molecule has 0 atom stereocenters. The third kappa shape index (κ3) is 3.46. The quantitative estimate of drug-likeness (QED) is 0.396. The van der Waals surface area contributed by atoms with Crippen LogP contribution in [0.3, 0.4) is 0 Å². The van der Waals surface area contributed by atoms with Crippen molar-refractivity contribution in [3.63, 3.8) is 0 Å². The van der Waals surface area contributed by atoms with Crippen LogP contribution in [0.4, 0.5) is 5.69 Å². The molecule has 1 saturated heterocycles. The number of hydrogen-bond donors (Lipinski definition) is 1. The van der Waals surface area contributed by atoms with Gasteiger partial charge in [-0.3, -0.25) is 10.1 Å². The van der Waals surface area contributed by atoms with Crippen LogP contribution in [0.1, 0.15) is 18.4 Å². The Morgan fingerprint density at radius 1 is 1.21 bits per heavy atom. The van der Waals surface area contributed by atoms with Gasteiger partial charge in [-0.05, 0) is 47.8 Å². The maximum atomic E-state index is 10.8. The highest BCUT2D eigenvalue weighted by molar-refractivity contribution is 5.83. The van der Waals surface area contributed by atoms with Gasteiger partial charge in [-0.15, -0.1) is 0 Å². The Morgan fingerprint density at radius 3 is 2.54 bits per heavy atom. The van der Waals surface area contributed by atoms with E-state index in [1.807, 2.05) is 0 Å². The van der Waals surface area contributed by atoms with E-state index < -0.39 is 0 Å². The first-order chi connectivity index (χ1) is 11.7. The lowest BCUT2D eigenvalue weighted by Crippen LogP contribution is -2.36. The van der Waals surface area contributed by atoms with Crippen LogP contribution in [0.25, 0.3) is 6.08 Å². The molecular weight excluding hydrogens is 308 g/mol. The fraction of sp³-hybridized carbons (Fsp3) is 0.353. The molecule has 0 spiro atoms. The maximum absolute atomic E-state index is 10.8. The van der Waals surface area contributed by atoms with E-state index in [9.17, 15) is 10.1 Å². The van der Waals surface area contributed by atoms with Crippen molar-refractivity contribution in [1.82, 2.24) is 4.90 Å². The van der Waals surface area contributed by atoms with Crippen LogP contribution in [-0.2, 0) is 4.74 Å². The van der Waals surface area contributed by atoms with Crippen LogP contribution in [-0.4, -0.2) is 42.3 Å². The number of non-ortho nitro benzene ring substituents is 1. The molecule has 7 nitrogen and oxygen atoms in total. The smallest absolute Gasteiger partial charge is 0.269 e. The number of ether oxygens (including phenoxy) is 1. The lowest BCUT2D eigenvalue weighted by molar-refractivity contribution is -0.384. The minimum atomic E-state index is -0.388. The molecular formula is C17H20N4O3. The molecule has 1 aliphatic carbocycles. The fourth-order valence-corrected chi connectivity index (χ4v) is 3.16. The van der Waals surface area contributed by atoms with Crippen LogP contribution >= 0.6 is 0 Å². The molecule has 2 aliphatic rings. The summed E-state index contributed by atoms with van der Waals surface area (Å²) in [5.74, 6) is 5.35. The Kier molecular flexibility index (Phi) is 4.90. The predicted octanol–water partition coefficient (Wildman–Crippen LogP) is 2.30. The van der Waals surface area contributed by atoms with E-state index in [2.05, 4.69) is 16.1 Å². The van der Waals surface area contributed by atoms with Crippen molar-refractivity contribution < 1.29 is 9.66 Å². The predicted molar refractivity (Wildman–Crippen MR) is 92.4 cm³/mol. The first kappa shape index (κ1) is 16.2. The number of nitrogens with zero attached hydrogens (tertiary/aromatic N) is 3. The van der Waals surface area contributed by atoms with Crippen molar-refractivity contribution in [2.45, 2.75) is 12.8 Å². The van der Waals surface area contributed by atoms with E-state index in [-0.39, 0.29) is 10.6 Å². The molecule has 1 aromatic carbocycles. The number of nitro benzene ring substituents is 1. The minimum Gasteiger partial charge on any atom is -0.378 e. The van der Waals surface area contributed by atoms with Gasteiger partial charge in [-0.1, -0.05) is 0 Å². The third-order valence-electron chi connectivity index (χ3n) is 4.27. The Hall–Kier alpha value is -2.67. The number of allylic oxidation sites excluding steroid dienone is 2. The van der Waals surface area contributed by atoms with E-state index >= 15 is 0 Å². The zero-order chi connectivity index (χ0) is 16.9. The normalized spacial score (nSPS) is 20.3. The molecule has 7 heteroatoms. The van der Waals surface area contributed by atoms with Gasteiger partial charge < -0.3 is 15.5 Å². The molecule has 126 valence electrons. The number of rotatable bonds is 4. The van der Waals surface area contributed by atoms with E-state index in [0.29, 0.717) is 13.2 Å². The van der Waals surface area contributed by atoms with Crippen molar-refractivity contribution in [3.05, 3.63) is 56.8 Å². The SMILES string of the molecule is N/N=C\C1=C(N2CCOCC2)C(=C/c2ccc([N+](=O)[O-])cc2)/CC1. The summed E-state index contributed by atoms with van der Waals surface area (Å²) in [6, 6.07) is 6.61. The van der Waals surface area contributed by atoms with Gasteiger partial charge >= 0.3 is 0 Å². The summed E-state index contributed by atoms with van der Waals surface area (Å²) in [4.78, 5) is 12.7. The van der Waals surface area contributed by atoms with Gasteiger partial charge in [-0.25, -0.2) is 0 Å². The van der Waals surface area contributed by atoms with Gasteiger partial charge in [-0.2, -0.15) is 5.10 Å². The first-order valence-corrected chi connectivity index (χ1v) is 7.93. The standard InChI is InChI=1S/C17H20N4O3/c18-19-12-15-4-3-14(17(15)20-7-9-24-10-8-20)11-13-1-5-16(6-2-13)21(22)23/h1-2,5-6,11-12H,3-4,7-10,18H2/b14-11+,19-12-. The molecule has 1 aliphatic heterocycles. The van der Waals surface area contributed by atoms with Crippen molar-refractivity contribution in [1.29, 1.82) is 0 Å². The number of benzene rings is 1. The van der Waals surface area contributed by atoms with E-state index in [1.165, 1.54) is 23.4 Å². The lowest BCUT2D eigenvalue weighted by atomic mass is 10.1. The summed E-state index contributed by atoms with van der Waals surface area (Å²) in [6.45, 7) is 3.10. The number of nitrogens with two attached hydrogens (primary N) is 1. The molecule has 2 N–H and O–H groups in total. The van der Waals surface area contributed by atoms with Crippen LogP contribution in [0.15, 0.2) is 46.2 Å². The largest absolute Gasteiger partial charge is 0.378 e. The topological polar surface area (TPSA) is 94.0 Å². The second-order valence-electron chi connectivity index (χ2n) is 5.77. The molecule has 0 radical (unpaired) electrons. The van der Waals surface area contributed by atoms with Crippen molar-refractivity contribution in [2.75, 3.05) is 26.3 Å². The molecule has 1 fully saturated rings. The number of nitro groups is 1. The third-order valence-corrected chi connectivity index (χ3v) is 4.27. The first-order valence-electron chi connectivity index (χ1n) is 7.93. The van der Waals surface area contributed by atoms with Gasteiger partial charge in [0.25, 0.3) is 5.69 Å². The zero-order valence-corrected chi connectivity index (χ0v) is 13.4. The maximum Gasteiger partial charge on any atom is 0.269 e. The summed E-state index contributed by atoms with van der Waals surface area (Å²) < 4.78 is 5.44. The fourth-order valence-electron chi connectivity index (χ4n) is 3.16. The average molecular weight is 328 g/mol. The monoisotopic (exact) mass is 328 g/mol. The molecule has 3 rings (SSSR count). The van der Waals surface area contributed by atoms with Crippen molar-refractivity contribution in [2.24, 2.45) is 10.9 Å². The molecule has 0 amide bonds. The summed E-state index contributed by atoms with van der Waals surface area (Å²) >= 11 is 0. The summed E-state index contributed by atoms with van der Waals surface area (Å²) in [6.07, 6.45) is 5.62. The Bertz CT molecular complexity index is 701. The van der Waals surface area contributed by atoms with Crippen LogP contribution < -0.4 is 5.84 Å². The molecule has 1 heterocycles. The molecule has 0 aromatic heterocycles. The van der Waals surface area contributed by atoms with Crippen LogP contribution in [0, 0.1) is 10.1 Å². The van der Waals surface area contributed by atoms with Gasteiger partial charge in [0, 0.05) is 30.9 Å².